The summed E-state index contributed by atoms with van der Waals surface area (Å²) >= 11 is 0. The fourth-order valence-electron chi connectivity index (χ4n) is 1.07. The van der Waals surface area contributed by atoms with Crippen LogP contribution in [0.5, 0.6) is 0 Å². The first-order chi connectivity index (χ1) is 6.36. The third-order valence-electron chi connectivity index (χ3n) is 2.04. The summed E-state index contributed by atoms with van der Waals surface area (Å²) in [5, 5.41) is 2.82. The van der Waals surface area contributed by atoms with E-state index in [1.165, 1.54) is 25.2 Å². The van der Waals surface area contributed by atoms with Gasteiger partial charge in [-0.05, 0) is 18.8 Å². The van der Waals surface area contributed by atoms with Gasteiger partial charge >= 0.3 is 0 Å². The van der Waals surface area contributed by atoms with Crippen molar-refractivity contribution >= 4 is 5.91 Å². The van der Waals surface area contributed by atoms with Crippen LogP contribution in [-0.2, 0) is 0 Å². The van der Waals surface area contributed by atoms with Crippen LogP contribution in [0.15, 0.2) is 18.6 Å². The van der Waals surface area contributed by atoms with Gasteiger partial charge in [-0.15, -0.1) is 0 Å². The molecule has 0 bridgehead atoms. The van der Waals surface area contributed by atoms with E-state index in [-0.39, 0.29) is 5.91 Å². The van der Waals surface area contributed by atoms with E-state index < -0.39 is 0 Å². The van der Waals surface area contributed by atoms with Crippen LogP contribution < -0.4 is 5.32 Å². The van der Waals surface area contributed by atoms with Gasteiger partial charge in [0, 0.05) is 18.9 Å². The summed E-state index contributed by atoms with van der Waals surface area (Å²) in [6.07, 6.45) is 7.02. The second kappa shape index (κ2) is 3.51. The Bertz CT molecular complexity index is 295. The summed E-state index contributed by atoms with van der Waals surface area (Å²) in [4.78, 5) is 19.1. The van der Waals surface area contributed by atoms with E-state index in [0.29, 0.717) is 11.6 Å². The topological polar surface area (TPSA) is 54.9 Å². The van der Waals surface area contributed by atoms with Crippen molar-refractivity contribution < 1.29 is 4.79 Å². The molecule has 0 aromatic carbocycles. The van der Waals surface area contributed by atoms with E-state index >= 15 is 0 Å². The molecule has 0 spiro atoms. The van der Waals surface area contributed by atoms with Gasteiger partial charge in [0.1, 0.15) is 5.69 Å². The maximum atomic E-state index is 11.4. The fraction of sp³-hybridized carbons (Fsp3) is 0.444. The van der Waals surface area contributed by atoms with E-state index in [1.54, 1.807) is 6.20 Å². The zero-order valence-corrected chi connectivity index (χ0v) is 7.23. The van der Waals surface area contributed by atoms with Gasteiger partial charge in [0.05, 0.1) is 6.20 Å². The van der Waals surface area contributed by atoms with Crippen molar-refractivity contribution in [2.75, 3.05) is 6.54 Å². The van der Waals surface area contributed by atoms with Crippen LogP contribution >= 0.6 is 0 Å². The Hall–Kier alpha value is -1.45. The molecule has 1 aromatic heterocycles. The average molecular weight is 177 g/mol. The molecule has 0 aliphatic heterocycles. The SMILES string of the molecule is O=C(NCC1CC1)c1cnccn1. The first kappa shape index (κ1) is 8.16. The number of nitrogens with zero attached hydrogens (tertiary/aromatic N) is 2. The van der Waals surface area contributed by atoms with Crippen molar-refractivity contribution in [2.45, 2.75) is 12.8 Å². The Balaban J connectivity index is 1.89. The van der Waals surface area contributed by atoms with Crippen molar-refractivity contribution in [1.82, 2.24) is 15.3 Å². The molecule has 4 heteroatoms. The number of carbonyl (C=O) groups excluding carboxylic acids is 1. The molecule has 1 fully saturated rings. The molecule has 1 heterocycles. The number of hydrogen-bond acceptors (Lipinski definition) is 3. The van der Waals surface area contributed by atoms with Crippen LogP contribution in [0.3, 0.4) is 0 Å². The molecule has 13 heavy (non-hydrogen) atoms. The van der Waals surface area contributed by atoms with Gasteiger partial charge in [0.2, 0.25) is 0 Å². The van der Waals surface area contributed by atoms with E-state index in [1.807, 2.05) is 0 Å². The molecule has 1 aromatic rings. The zero-order valence-electron chi connectivity index (χ0n) is 7.23. The molecular weight excluding hydrogens is 166 g/mol. The fourth-order valence-corrected chi connectivity index (χ4v) is 1.07. The summed E-state index contributed by atoms with van der Waals surface area (Å²) in [5.41, 5.74) is 0.392. The predicted molar refractivity (Wildman–Crippen MR) is 47.1 cm³/mol. The Morgan fingerprint density at radius 1 is 1.54 bits per heavy atom. The lowest BCUT2D eigenvalue weighted by Gasteiger charge is -2.01. The Kier molecular flexibility index (Phi) is 2.21. The van der Waals surface area contributed by atoms with Crippen LogP contribution in [0.2, 0.25) is 0 Å². The highest BCUT2D eigenvalue weighted by atomic mass is 16.1. The van der Waals surface area contributed by atoms with E-state index in [4.69, 9.17) is 0 Å². The van der Waals surface area contributed by atoms with Gasteiger partial charge in [-0.3, -0.25) is 9.78 Å². The monoisotopic (exact) mass is 177 g/mol. The first-order valence-electron chi connectivity index (χ1n) is 4.40. The van der Waals surface area contributed by atoms with Crippen molar-refractivity contribution in [3.8, 4) is 0 Å². The second-order valence-electron chi connectivity index (χ2n) is 3.24. The summed E-state index contributed by atoms with van der Waals surface area (Å²) in [5.74, 6) is 0.570. The van der Waals surface area contributed by atoms with Gasteiger partial charge in [-0.1, -0.05) is 0 Å². The summed E-state index contributed by atoms with van der Waals surface area (Å²) in [6.45, 7) is 0.773. The molecule has 1 N–H and O–H groups in total. The molecule has 0 atom stereocenters. The van der Waals surface area contributed by atoms with Gasteiger partial charge in [-0.2, -0.15) is 0 Å². The number of aromatic nitrogens is 2. The van der Waals surface area contributed by atoms with Gasteiger partial charge in [0.25, 0.3) is 5.91 Å². The third-order valence-corrected chi connectivity index (χ3v) is 2.04. The van der Waals surface area contributed by atoms with Crippen LogP contribution in [-0.4, -0.2) is 22.4 Å². The summed E-state index contributed by atoms with van der Waals surface area (Å²) < 4.78 is 0. The number of rotatable bonds is 3. The second-order valence-corrected chi connectivity index (χ2v) is 3.24. The smallest absolute Gasteiger partial charge is 0.271 e. The van der Waals surface area contributed by atoms with Crippen LogP contribution in [0.1, 0.15) is 23.3 Å². The zero-order chi connectivity index (χ0) is 9.10. The predicted octanol–water partition coefficient (Wildman–Crippen LogP) is 0.616. The van der Waals surface area contributed by atoms with Crippen LogP contribution in [0, 0.1) is 5.92 Å². The highest BCUT2D eigenvalue weighted by Crippen LogP contribution is 2.27. The Labute approximate surface area is 76.4 Å². The molecule has 4 nitrogen and oxygen atoms in total. The Morgan fingerprint density at radius 2 is 2.38 bits per heavy atom. The number of amides is 1. The molecule has 0 unspecified atom stereocenters. The minimum absolute atomic E-state index is 0.125. The maximum absolute atomic E-state index is 11.4. The van der Waals surface area contributed by atoms with E-state index in [0.717, 1.165) is 6.54 Å². The van der Waals surface area contributed by atoms with Gasteiger partial charge in [-0.25, -0.2) is 4.98 Å². The molecule has 2 rings (SSSR count). The lowest BCUT2D eigenvalue weighted by atomic mass is 10.4. The minimum Gasteiger partial charge on any atom is -0.350 e. The van der Waals surface area contributed by atoms with Crippen molar-refractivity contribution in [3.05, 3.63) is 24.3 Å². The van der Waals surface area contributed by atoms with Crippen molar-refractivity contribution in [2.24, 2.45) is 5.92 Å². The molecule has 1 aliphatic rings. The summed E-state index contributed by atoms with van der Waals surface area (Å²) in [6, 6.07) is 0. The highest BCUT2D eigenvalue weighted by molar-refractivity contribution is 5.91. The van der Waals surface area contributed by atoms with Crippen molar-refractivity contribution in [1.29, 1.82) is 0 Å². The Morgan fingerprint density at radius 3 is 3.00 bits per heavy atom. The van der Waals surface area contributed by atoms with E-state index in [9.17, 15) is 4.79 Å². The third kappa shape index (κ3) is 2.24. The number of carbonyl (C=O) groups is 1. The largest absolute Gasteiger partial charge is 0.350 e. The van der Waals surface area contributed by atoms with Crippen molar-refractivity contribution in [3.63, 3.8) is 0 Å². The number of nitrogens with one attached hydrogen (secondary N) is 1. The van der Waals surface area contributed by atoms with Gasteiger partial charge < -0.3 is 5.32 Å². The highest BCUT2D eigenvalue weighted by Gasteiger charge is 2.21. The molecule has 1 amide bonds. The minimum atomic E-state index is -0.125. The molecular formula is C9H11N3O. The molecule has 1 aliphatic carbocycles. The van der Waals surface area contributed by atoms with Gasteiger partial charge in [0.15, 0.2) is 0 Å². The number of hydrogen-bond donors (Lipinski definition) is 1. The quantitative estimate of drug-likeness (QED) is 0.736. The lowest BCUT2D eigenvalue weighted by Crippen LogP contribution is -2.26. The molecule has 0 saturated heterocycles. The molecule has 68 valence electrons. The lowest BCUT2D eigenvalue weighted by molar-refractivity contribution is 0.0946. The first-order valence-corrected chi connectivity index (χ1v) is 4.40. The van der Waals surface area contributed by atoms with Crippen LogP contribution in [0.25, 0.3) is 0 Å². The van der Waals surface area contributed by atoms with E-state index in [2.05, 4.69) is 15.3 Å². The molecule has 1 saturated carbocycles. The normalized spacial score (nSPS) is 15.4. The molecule has 0 radical (unpaired) electrons. The summed E-state index contributed by atoms with van der Waals surface area (Å²) in [7, 11) is 0. The maximum Gasteiger partial charge on any atom is 0.271 e. The average Bonchev–Trinajstić information content (AvgIpc) is 2.99. The standard InChI is InChI=1S/C9H11N3O/c13-9(12-5-7-1-2-7)8-6-10-3-4-11-8/h3-4,6-7H,1-2,5H2,(H,12,13). The van der Waals surface area contributed by atoms with Crippen LogP contribution in [0.4, 0.5) is 0 Å².